The summed E-state index contributed by atoms with van der Waals surface area (Å²) in [4.78, 5) is 11.9. The van der Waals surface area contributed by atoms with Gasteiger partial charge in [-0.05, 0) is 43.0 Å². The maximum atomic E-state index is 11.9. The summed E-state index contributed by atoms with van der Waals surface area (Å²) < 4.78 is 10.5. The Morgan fingerprint density at radius 2 is 1.90 bits per heavy atom. The van der Waals surface area contributed by atoms with E-state index in [-0.39, 0.29) is 11.9 Å². The number of hydrogen-bond acceptors (Lipinski definition) is 3. The molecule has 0 radical (unpaired) electrons. The first-order chi connectivity index (χ1) is 9.47. The van der Waals surface area contributed by atoms with Crippen LogP contribution < -0.4 is 14.8 Å². The van der Waals surface area contributed by atoms with Crippen LogP contribution in [0.4, 0.5) is 0 Å². The molecule has 1 rings (SSSR count). The zero-order chi connectivity index (χ0) is 15.1. The van der Waals surface area contributed by atoms with Gasteiger partial charge in [0.2, 0.25) is 5.91 Å². The molecule has 0 aliphatic rings. The summed E-state index contributed by atoms with van der Waals surface area (Å²) in [6.45, 7) is 6.21. The molecule has 0 aromatic heterocycles. The summed E-state index contributed by atoms with van der Waals surface area (Å²) in [6, 6.07) is 5.82. The van der Waals surface area contributed by atoms with Crippen molar-refractivity contribution in [2.24, 2.45) is 5.92 Å². The summed E-state index contributed by atoms with van der Waals surface area (Å²) in [6.07, 6.45) is 1.08. The monoisotopic (exact) mass is 279 g/mol. The van der Waals surface area contributed by atoms with E-state index in [0.29, 0.717) is 18.8 Å². The number of nitrogens with one attached hydrogen (secondary N) is 1. The van der Waals surface area contributed by atoms with Gasteiger partial charge >= 0.3 is 0 Å². The molecule has 1 aromatic carbocycles. The Kier molecular flexibility index (Phi) is 6.36. The Hall–Kier alpha value is -1.71. The van der Waals surface area contributed by atoms with E-state index >= 15 is 0 Å². The van der Waals surface area contributed by atoms with E-state index in [4.69, 9.17) is 9.47 Å². The lowest BCUT2D eigenvalue weighted by atomic mass is 10.0. The van der Waals surface area contributed by atoms with E-state index in [2.05, 4.69) is 19.2 Å². The number of carbonyl (C=O) groups is 1. The summed E-state index contributed by atoms with van der Waals surface area (Å²) >= 11 is 0. The average molecular weight is 279 g/mol. The fourth-order valence-corrected chi connectivity index (χ4v) is 1.82. The van der Waals surface area contributed by atoms with E-state index in [1.54, 1.807) is 14.2 Å². The molecule has 0 bridgehead atoms. The summed E-state index contributed by atoms with van der Waals surface area (Å²) in [5.74, 6) is 2.06. The summed E-state index contributed by atoms with van der Waals surface area (Å²) in [5, 5.41) is 3.00. The molecule has 0 spiro atoms. The Balaban J connectivity index is 2.62. The highest BCUT2D eigenvalue weighted by Gasteiger charge is 2.12. The van der Waals surface area contributed by atoms with Crippen LogP contribution in [0.5, 0.6) is 11.5 Å². The van der Waals surface area contributed by atoms with Crippen molar-refractivity contribution >= 4 is 5.91 Å². The van der Waals surface area contributed by atoms with Gasteiger partial charge in [-0.15, -0.1) is 0 Å². The van der Waals surface area contributed by atoms with Crippen molar-refractivity contribution in [3.05, 3.63) is 23.8 Å². The molecule has 0 saturated heterocycles. The van der Waals surface area contributed by atoms with E-state index in [9.17, 15) is 4.79 Å². The lowest BCUT2D eigenvalue weighted by molar-refractivity contribution is -0.121. The van der Waals surface area contributed by atoms with Gasteiger partial charge in [0.25, 0.3) is 0 Å². The zero-order valence-electron chi connectivity index (χ0n) is 13.0. The Morgan fingerprint density at radius 1 is 1.20 bits per heavy atom. The minimum atomic E-state index is 0.0658. The van der Waals surface area contributed by atoms with Gasteiger partial charge < -0.3 is 14.8 Å². The van der Waals surface area contributed by atoms with Crippen LogP contribution in [0.1, 0.15) is 32.8 Å². The fraction of sp³-hybridized carbons (Fsp3) is 0.562. The highest BCUT2D eigenvalue weighted by molar-refractivity contribution is 5.76. The Bertz CT molecular complexity index is 443. The Labute approximate surface area is 121 Å². The standard InChI is InChI=1S/C16H25NO3/c1-11(2)12(3)17-16(18)9-6-13-10-14(19-4)7-8-15(13)20-5/h7-8,10-12H,6,9H2,1-5H3,(H,17,18). The van der Waals surface area contributed by atoms with E-state index in [0.717, 1.165) is 17.1 Å². The van der Waals surface area contributed by atoms with E-state index in [1.807, 2.05) is 25.1 Å². The number of methoxy groups -OCH3 is 2. The van der Waals surface area contributed by atoms with Gasteiger partial charge in [0.05, 0.1) is 14.2 Å². The third-order valence-electron chi connectivity index (χ3n) is 3.50. The van der Waals surface area contributed by atoms with Gasteiger partial charge in [-0.1, -0.05) is 13.8 Å². The number of carbonyl (C=O) groups excluding carboxylic acids is 1. The third-order valence-corrected chi connectivity index (χ3v) is 3.50. The van der Waals surface area contributed by atoms with Gasteiger partial charge in [0, 0.05) is 12.5 Å². The van der Waals surface area contributed by atoms with E-state index in [1.165, 1.54) is 0 Å². The highest BCUT2D eigenvalue weighted by Crippen LogP contribution is 2.25. The van der Waals surface area contributed by atoms with Crippen LogP contribution in [0.2, 0.25) is 0 Å². The number of rotatable bonds is 7. The maximum Gasteiger partial charge on any atom is 0.220 e. The van der Waals surface area contributed by atoms with Crippen LogP contribution in [-0.4, -0.2) is 26.2 Å². The SMILES string of the molecule is COc1ccc(OC)c(CCC(=O)NC(C)C(C)C)c1. The van der Waals surface area contributed by atoms with Crippen molar-refractivity contribution in [2.45, 2.75) is 39.7 Å². The van der Waals surface area contributed by atoms with Gasteiger partial charge in [0.1, 0.15) is 11.5 Å². The number of ether oxygens (including phenoxy) is 2. The Morgan fingerprint density at radius 3 is 2.45 bits per heavy atom. The van der Waals surface area contributed by atoms with Crippen molar-refractivity contribution in [2.75, 3.05) is 14.2 Å². The van der Waals surface area contributed by atoms with Gasteiger partial charge in [0.15, 0.2) is 0 Å². The van der Waals surface area contributed by atoms with Crippen molar-refractivity contribution in [3.8, 4) is 11.5 Å². The molecule has 1 unspecified atom stereocenters. The van der Waals surface area contributed by atoms with E-state index < -0.39 is 0 Å². The molecule has 4 nitrogen and oxygen atoms in total. The second-order valence-electron chi connectivity index (χ2n) is 5.28. The zero-order valence-corrected chi connectivity index (χ0v) is 13.0. The smallest absolute Gasteiger partial charge is 0.220 e. The van der Waals surface area contributed by atoms with Crippen molar-refractivity contribution in [3.63, 3.8) is 0 Å². The number of hydrogen-bond donors (Lipinski definition) is 1. The van der Waals surface area contributed by atoms with Crippen LogP contribution in [0.3, 0.4) is 0 Å². The van der Waals surface area contributed by atoms with Gasteiger partial charge in [-0.25, -0.2) is 0 Å². The molecule has 1 atom stereocenters. The van der Waals surface area contributed by atoms with Crippen molar-refractivity contribution in [1.82, 2.24) is 5.32 Å². The topological polar surface area (TPSA) is 47.6 Å². The summed E-state index contributed by atoms with van der Waals surface area (Å²) in [5.41, 5.74) is 0.985. The van der Waals surface area contributed by atoms with Crippen molar-refractivity contribution in [1.29, 1.82) is 0 Å². The molecular formula is C16H25NO3. The third kappa shape index (κ3) is 4.76. The molecule has 0 aliphatic heterocycles. The van der Waals surface area contributed by atoms with Crippen LogP contribution in [-0.2, 0) is 11.2 Å². The van der Waals surface area contributed by atoms with Crippen LogP contribution in [0, 0.1) is 5.92 Å². The average Bonchev–Trinajstić information content (AvgIpc) is 2.44. The first-order valence-corrected chi connectivity index (χ1v) is 6.98. The molecule has 1 N–H and O–H groups in total. The van der Waals surface area contributed by atoms with Gasteiger partial charge in [-0.2, -0.15) is 0 Å². The van der Waals surface area contributed by atoms with Crippen molar-refractivity contribution < 1.29 is 14.3 Å². The minimum Gasteiger partial charge on any atom is -0.497 e. The van der Waals surface area contributed by atoms with Crippen LogP contribution >= 0.6 is 0 Å². The number of benzene rings is 1. The normalized spacial score (nSPS) is 12.1. The predicted octanol–water partition coefficient (Wildman–Crippen LogP) is 2.80. The molecule has 0 aliphatic carbocycles. The lowest BCUT2D eigenvalue weighted by Crippen LogP contribution is -2.36. The van der Waals surface area contributed by atoms with Crippen LogP contribution in [0.25, 0.3) is 0 Å². The molecular weight excluding hydrogens is 254 g/mol. The largest absolute Gasteiger partial charge is 0.497 e. The fourth-order valence-electron chi connectivity index (χ4n) is 1.82. The molecule has 0 saturated carbocycles. The maximum absolute atomic E-state index is 11.9. The second-order valence-corrected chi connectivity index (χ2v) is 5.28. The first-order valence-electron chi connectivity index (χ1n) is 6.98. The number of amides is 1. The molecule has 4 heteroatoms. The molecule has 1 amide bonds. The quantitative estimate of drug-likeness (QED) is 0.835. The highest BCUT2D eigenvalue weighted by atomic mass is 16.5. The predicted molar refractivity (Wildman–Crippen MR) is 80.3 cm³/mol. The molecule has 20 heavy (non-hydrogen) atoms. The molecule has 0 heterocycles. The minimum absolute atomic E-state index is 0.0658. The molecule has 112 valence electrons. The van der Waals surface area contributed by atoms with Crippen LogP contribution in [0.15, 0.2) is 18.2 Å². The first kappa shape index (κ1) is 16.3. The molecule has 1 aromatic rings. The number of aryl methyl sites for hydroxylation is 1. The lowest BCUT2D eigenvalue weighted by Gasteiger charge is -2.17. The summed E-state index contributed by atoms with van der Waals surface area (Å²) in [7, 11) is 3.26. The second kappa shape index (κ2) is 7.78. The van der Waals surface area contributed by atoms with Gasteiger partial charge in [-0.3, -0.25) is 4.79 Å². The molecule has 0 fully saturated rings.